The molecule has 0 atom stereocenters. The van der Waals surface area contributed by atoms with Crippen molar-refractivity contribution in [2.24, 2.45) is 0 Å². The molecule has 0 saturated heterocycles. The molecule has 0 bridgehead atoms. The zero-order valence-electron chi connectivity index (χ0n) is 16.5. The van der Waals surface area contributed by atoms with Crippen molar-refractivity contribution in [3.63, 3.8) is 0 Å². The average Bonchev–Trinajstić information content (AvgIpc) is 2.76. The molecule has 32 heavy (non-hydrogen) atoms. The third-order valence-corrected chi connectivity index (χ3v) is 5.65. The van der Waals surface area contributed by atoms with Crippen molar-refractivity contribution >= 4 is 58.4 Å². The van der Waals surface area contributed by atoms with Gasteiger partial charge in [0.05, 0.1) is 27.1 Å². The molecule has 0 radical (unpaired) electrons. The number of nitrogens with zero attached hydrogens (tertiary/aromatic N) is 1. The Kier molecular flexibility index (Phi) is 8.10. The fourth-order valence-electron chi connectivity index (χ4n) is 2.70. The van der Waals surface area contributed by atoms with Gasteiger partial charge in [0.1, 0.15) is 5.56 Å². The highest BCUT2D eigenvalue weighted by molar-refractivity contribution is 7.99. The molecule has 0 unspecified atom stereocenters. The first-order chi connectivity index (χ1) is 15.3. The molecule has 0 aliphatic heterocycles. The topological polar surface area (TPSA) is 108 Å². The van der Waals surface area contributed by atoms with Crippen LogP contribution in [0.2, 0.25) is 10.0 Å². The van der Waals surface area contributed by atoms with Crippen molar-refractivity contribution in [1.82, 2.24) is 10.3 Å². The predicted octanol–water partition coefficient (Wildman–Crippen LogP) is 4.75. The van der Waals surface area contributed by atoms with Crippen LogP contribution in [0.5, 0.6) is 0 Å². The number of rotatable bonds is 8. The lowest BCUT2D eigenvalue weighted by Gasteiger charge is -2.10. The van der Waals surface area contributed by atoms with Crippen molar-refractivity contribution < 1.29 is 19.5 Å². The molecule has 10 heteroatoms. The average molecular weight is 490 g/mol. The summed E-state index contributed by atoms with van der Waals surface area (Å²) < 4.78 is 0. The Hall–Kier alpha value is -3.07. The second kappa shape index (κ2) is 11.0. The highest BCUT2D eigenvalue weighted by Gasteiger charge is 2.18. The SMILES string of the molecule is O=C(CSc1ccc(C(=O)NCc2ccccc2)cn1)Nc1cc(Cl)cc(Cl)c1C(=O)O. The van der Waals surface area contributed by atoms with E-state index in [0.717, 1.165) is 17.3 Å². The number of amides is 2. The molecule has 2 aromatic carbocycles. The highest BCUT2D eigenvalue weighted by Crippen LogP contribution is 2.29. The maximum absolute atomic E-state index is 12.3. The van der Waals surface area contributed by atoms with Crippen LogP contribution in [0.15, 0.2) is 65.8 Å². The molecule has 7 nitrogen and oxygen atoms in total. The van der Waals surface area contributed by atoms with Gasteiger partial charge in [-0.25, -0.2) is 9.78 Å². The highest BCUT2D eigenvalue weighted by atomic mass is 35.5. The summed E-state index contributed by atoms with van der Waals surface area (Å²) in [6.07, 6.45) is 1.43. The maximum Gasteiger partial charge on any atom is 0.339 e. The molecule has 1 aromatic heterocycles. The summed E-state index contributed by atoms with van der Waals surface area (Å²) in [6, 6.07) is 15.4. The molecule has 1 heterocycles. The van der Waals surface area contributed by atoms with E-state index in [0.29, 0.717) is 17.1 Å². The Bertz CT molecular complexity index is 1140. The molecule has 3 N–H and O–H groups in total. The van der Waals surface area contributed by atoms with Gasteiger partial charge in [0, 0.05) is 17.8 Å². The minimum atomic E-state index is -1.28. The summed E-state index contributed by atoms with van der Waals surface area (Å²) in [6.45, 7) is 0.405. The maximum atomic E-state index is 12.3. The minimum absolute atomic E-state index is 0.0130. The van der Waals surface area contributed by atoms with E-state index in [-0.39, 0.29) is 33.0 Å². The van der Waals surface area contributed by atoms with Gasteiger partial charge < -0.3 is 15.7 Å². The Labute approximate surface area is 198 Å². The van der Waals surface area contributed by atoms with Crippen LogP contribution in [-0.2, 0) is 11.3 Å². The second-order valence-electron chi connectivity index (χ2n) is 6.51. The van der Waals surface area contributed by atoms with E-state index in [1.807, 2.05) is 30.3 Å². The number of carboxylic acids is 1. The number of carbonyl (C=O) groups excluding carboxylic acids is 2. The van der Waals surface area contributed by atoms with Crippen LogP contribution in [0.25, 0.3) is 0 Å². The van der Waals surface area contributed by atoms with Crippen LogP contribution in [0, 0.1) is 0 Å². The lowest BCUT2D eigenvalue weighted by Crippen LogP contribution is -2.22. The molecule has 0 aliphatic carbocycles. The molecular formula is C22H17Cl2N3O4S. The quantitative estimate of drug-likeness (QED) is 0.394. The van der Waals surface area contributed by atoms with Crippen LogP contribution < -0.4 is 10.6 Å². The van der Waals surface area contributed by atoms with Gasteiger partial charge in [-0.15, -0.1) is 0 Å². The first kappa shape index (κ1) is 23.6. The Morgan fingerprint density at radius 2 is 1.78 bits per heavy atom. The fraction of sp³-hybridized carbons (Fsp3) is 0.0909. The minimum Gasteiger partial charge on any atom is -0.478 e. The summed E-state index contributed by atoms with van der Waals surface area (Å²) in [4.78, 5) is 40.1. The van der Waals surface area contributed by atoms with Crippen LogP contribution in [0.4, 0.5) is 5.69 Å². The molecule has 164 valence electrons. The fourth-order valence-corrected chi connectivity index (χ4v) is 3.91. The van der Waals surface area contributed by atoms with Gasteiger partial charge in [-0.05, 0) is 29.8 Å². The van der Waals surface area contributed by atoms with Crippen LogP contribution >= 0.6 is 35.0 Å². The van der Waals surface area contributed by atoms with Crippen molar-refractivity contribution in [3.05, 3.63) is 87.5 Å². The normalized spacial score (nSPS) is 10.4. The van der Waals surface area contributed by atoms with E-state index < -0.39 is 11.9 Å². The molecule has 0 spiro atoms. The molecule has 0 saturated carbocycles. The van der Waals surface area contributed by atoms with Crippen LogP contribution in [0.3, 0.4) is 0 Å². The van der Waals surface area contributed by atoms with Crippen LogP contribution in [0.1, 0.15) is 26.3 Å². The first-order valence-electron chi connectivity index (χ1n) is 9.26. The summed E-state index contributed by atoms with van der Waals surface area (Å²) in [5.41, 5.74) is 1.16. The number of thioether (sulfide) groups is 1. The molecule has 0 fully saturated rings. The van der Waals surface area contributed by atoms with Gasteiger partial charge in [0.2, 0.25) is 5.91 Å². The van der Waals surface area contributed by atoms with Gasteiger partial charge >= 0.3 is 5.97 Å². The number of nitrogens with one attached hydrogen (secondary N) is 2. The number of halogens is 2. The number of carbonyl (C=O) groups is 3. The number of hydrogen-bond donors (Lipinski definition) is 3. The van der Waals surface area contributed by atoms with E-state index in [9.17, 15) is 19.5 Å². The van der Waals surface area contributed by atoms with E-state index in [1.165, 1.54) is 18.3 Å². The zero-order chi connectivity index (χ0) is 23.1. The standard InChI is InChI=1S/C22H17Cl2N3O4S/c23-15-8-16(24)20(22(30)31)17(9-15)27-18(28)12-32-19-7-6-14(11-25-19)21(29)26-10-13-4-2-1-3-5-13/h1-9,11H,10,12H2,(H,26,29)(H,27,28)(H,30,31). The summed E-state index contributed by atoms with van der Waals surface area (Å²) >= 11 is 13.0. The number of carboxylic acid groups (broad SMARTS) is 1. The van der Waals surface area contributed by atoms with E-state index in [2.05, 4.69) is 15.6 Å². The Balaban J connectivity index is 1.54. The Morgan fingerprint density at radius 3 is 2.44 bits per heavy atom. The van der Waals surface area contributed by atoms with Gasteiger partial charge in [0.25, 0.3) is 5.91 Å². The van der Waals surface area contributed by atoms with Gasteiger partial charge in [0.15, 0.2) is 0 Å². The molecular weight excluding hydrogens is 473 g/mol. The molecule has 3 rings (SSSR count). The van der Waals surface area contributed by atoms with Gasteiger partial charge in [-0.1, -0.05) is 65.3 Å². The number of pyridine rings is 1. The van der Waals surface area contributed by atoms with Gasteiger partial charge in [-0.3, -0.25) is 9.59 Å². The zero-order valence-corrected chi connectivity index (χ0v) is 18.8. The molecule has 0 aliphatic rings. The second-order valence-corrected chi connectivity index (χ2v) is 8.34. The molecule has 2 amide bonds. The van der Waals surface area contributed by atoms with Crippen LogP contribution in [-0.4, -0.2) is 33.6 Å². The van der Waals surface area contributed by atoms with Crippen molar-refractivity contribution in [2.45, 2.75) is 11.6 Å². The van der Waals surface area contributed by atoms with Gasteiger partial charge in [-0.2, -0.15) is 0 Å². The largest absolute Gasteiger partial charge is 0.478 e. The predicted molar refractivity (Wildman–Crippen MR) is 125 cm³/mol. The number of benzene rings is 2. The van der Waals surface area contributed by atoms with E-state index in [1.54, 1.807) is 12.1 Å². The third kappa shape index (κ3) is 6.46. The summed E-state index contributed by atoms with van der Waals surface area (Å²) in [5.74, 6) is -2.02. The number of anilines is 1. The molecule has 3 aromatic rings. The first-order valence-corrected chi connectivity index (χ1v) is 11.0. The number of aromatic nitrogens is 1. The summed E-state index contributed by atoms with van der Waals surface area (Å²) in [7, 11) is 0. The summed E-state index contributed by atoms with van der Waals surface area (Å²) in [5, 5.41) is 15.3. The van der Waals surface area contributed by atoms with Crippen molar-refractivity contribution in [3.8, 4) is 0 Å². The van der Waals surface area contributed by atoms with Crippen molar-refractivity contribution in [2.75, 3.05) is 11.1 Å². The number of aromatic carboxylic acids is 1. The van der Waals surface area contributed by atoms with Crippen molar-refractivity contribution in [1.29, 1.82) is 0 Å². The lowest BCUT2D eigenvalue weighted by atomic mass is 10.1. The third-order valence-electron chi connectivity index (χ3n) is 4.19. The number of hydrogen-bond acceptors (Lipinski definition) is 5. The van der Waals surface area contributed by atoms with E-state index >= 15 is 0 Å². The lowest BCUT2D eigenvalue weighted by molar-refractivity contribution is -0.113. The monoisotopic (exact) mass is 489 g/mol. The smallest absolute Gasteiger partial charge is 0.339 e. The Morgan fingerprint density at radius 1 is 1.03 bits per heavy atom. The van der Waals surface area contributed by atoms with E-state index in [4.69, 9.17) is 23.2 Å².